The Kier molecular flexibility index (Phi) is 3.34. The van der Waals surface area contributed by atoms with Gasteiger partial charge in [0, 0.05) is 10.7 Å². The molecule has 2 heterocycles. The highest BCUT2D eigenvalue weighted by atomic mass is 79.9. The van der Waals surface area contributed by atoms with Crippen LogP contribution in [-0.2, 0) is 0 Å². The Balaban J connectivity index is 2.18. The molecule has 0 aliphatic rings. The summed E-state index contributed by atoms with van der Waals surface area (Å²) in [4.78, 5) is 15.9. The standard InChI is InChI=1S/C9H8BrN5OS/c1-4-2-5(10)3-12-6(4)13-7(16)8-14-15-9(11)17-8/h2-3H,1H3,(H2,11,15)(H,12,13,16). The predicted octanol–water partition coefficient (Wildman–Crippen LogP) is 1.84. The minimum Gasteiger partial charge on any atom is -0.374 e. The third-order valence-corrected chi connectivity index (χ3v) is 3.10. The second-order valence-corrected chi connectivity index (χ2v) is 5.14. The predicted molar refractivity (Wildman–Crippen MR) is 68.9 cm³/mol. The molecule has 0 unspecified atom stereocenters. The average molecular weight is 314 g/mol. The minimum atomic E-state index is -0.364. The Bertz CT molecular complexity index is 570. The summed E-state index contributed by atoms with van der Waals surface area (Å²) in [5, 5.41) is 10.3. The fraction of sp³-hybridized carbons (Fsp3) is 0.111. The van der Waals surface area contributed by atoms with Gasteiger partial charge in [-0.05, 0) is 34.5 Å². The number of carbonyl (C=O) groups excluding carboxylic acids is 1. The van der Waals surface area contributed by atoms with Crippen LogP contribution in [0.1, 0.15) is 15.4 Å². The van der Waals surface area contributed by atoms with Gasteiger partial charge in [-0.15, -0.1) is 10.2 Å². The van der Waals surface area contributed by atoms with E-state index in [1.807, 2.05) is 13.0 Å². The summed E-state index contributed by atoms with van der Waals surface area (Å²) in [6, 6.07) is 1.86. The molecule has 8 heteroatoms. The number of anilines is 2. The monoisotopic (exact) mass is 313 g/mol. The zero-order valence-corrected chi connectivity index (χ0v) is 11.2. The highest BCUT2D eigenvalue weighted by molar-refractivity contribution is 9.10. The molecule has 0 aromatic carbocycles. The summed E-state index contributed by atoms with van der Waals surface area (Å²) in [6.07, 6.45) is 1.61. The van der Waals surface area contributed by atoms with Crippen LogP contribution >= 0.6 is 27.3 Å². The molecule has 17 heavy (non-hydrogen) atoms. The first-order valence-electron chi connectivity index (χ1n) is 4.59. The van der Waals surface area contributed by atoms with Crippen LogP contribution in [0.25, 0.3) is 0 Å². The lowest BCUT2D eigenvalue weighted by molar-refractivity contribution is 0.102. The van der Waals surface area contributed by atoms with Crippen molar-refractivity contribution in [3.8, 4) is 0 Å². The van der Waals surface area contributed by atoms with Gasteiger partial charge in [0.25, 0.3) is 5.91 Å². The first-order chi connectivity index (χ1) is 8.06. The fourth-order valence-electron chi connectivity index (χ4n) is 1.16. The summed E-state index contributed by atoms with van der Waals surface area (Å²) in [7, 11) is 0. The third kappa shape index (κ3) is 2.77. The molecule has 0 saturated carbocycles. The number of nitrogens with one attached hydrogen (secondary N) is 1. The molecule has 0 saturated heterocycles. The van der Waals surface area contributed by atoms with Crippen molar-refractivity contribution in [3.63, 3.8) is 0 Å². The van der Waals surface area contributed by atoms with Crippen LogP contribution in [0, 0.1) is 6.92 Å². The molecule has 6 nitrogen and oxygen atoms in total. The van der Waals surface area contributed by atoms with Crippen LogP contribution in [0.3, 0.4) is 0 Å². The van der Waals surface area contributed by atoms with Crippen molar-refractivity contribution < 1.29 is 4.79 Å². The molecule has 0 aliphatic heterocycles. The van der Waals surface area contributed by atoms with E-state index in [1.54, 1.807) is 6.20 Å². The van der Waals surface area contributed by atoms with Crippen LogP contribution in [0.5, 0.6) is 0 Å². The smallest absolute Gasteiger partial charge is 0.287 e. The van der Waals surface area contributed by atoms with E-state index in [2.05, 4.69) is 36.4 Å². The number of carbonyl (C=O) groups is 1. The van der Waals surface area contributed by atoms with Crippen molar-refractivity contribution in [3.05, 3.63) is 27.3 Å². The van der Waals surface area contributed by atoms with Gasteiger partial charge in [0.2, 0.25) is 10.1 Å². The number of rotatable bonds is 2. The van der Waals surface area contributed by atoms with E-state index in [1.165, 1.54) is 0 Å². The van der Waals surface area contributed by atoms with Crippen LogP contribution in [0.4, 0.5) is 10.9 Å². The number of nitrogens with zero attached hydrogens (tertiary/aromatic N) is 3. The van der Waals surface area contributed by atoms with Gasteiger partial charge in [-0.3, -0.25) is 4.79 Å². The number of halogens is 1. The number of hydrogen-bond acceptors (Lipinski definition) is 6. The molecule has 1 amide bonds. The Morgan fingerprint density at radius 2 is 2.29 bits per heavy atom. The molecule has 88 valence electrons. The molecule has 0 spiro atoms. The van der Waals surface area contributed by atoms with Gasteiger partial charge >= 0.3 is 0 Å². The van der Waals surface area contributed by atoms with Crippen molar-refractivity contribution in [2.75, 3.05) is 11.1 Å². The largest absolute Gasteiger partial charge is 0.374 e. The molecular formula is C9H8BrN5OS. The lowest BCUT2D eigenvalue weighted by atomic mass is 10.3. The molecule has 0 atom stereocenters. The Hall–Kier alpha value is -1.54. The molecule has 2 aromatic heterocycles. The van der Waals surface area contributed by atoms with E-state index in [4.69, 9.17) is 5.73 Å². The zero-order chi connectivity index (χ0) is 12.4. The number of nitrogen functional groups attached to an aromatic ring is 1. The van der Waals surface area contributed by atoms with E-state index in [0.29, 0.717) is 5.82 Å². The second kappa shape index (κ2) is 4.76. The van der Waals surface area contributed by atoms with E-state index >= 15 is 0 Å². The number of aromatic nitrogens is 3. The molecule has 2 rings (SSSR count). The summed E-state index contributed by atoms with van der Waals surface area (Å²) >= 11 is 4.33. The van der Waals surface area contributed by atoms with Crippen LogP contribution < -0.4 is 11.1 Å². The van der Waals surface area contributed by atoms with Crippen LogP contribution in [-0.4, -0.2) is 21.1 Å². The first kappa shape index (κ1) is 11.9. The van der Waals surface area contributed by atoms with E-state index in [0.717, 1.165) is 21.4 Å². The summed E-state index contributed by atoms with van der Waals surface area (Å²) < 4.78 is 0.855. The minimum absolute atomic E-state index is 0.214. The van der Waals surface area contributed by atoms with Gasteiger partial charge in [0.15, 0.2) is 0 Å². The number of nitrogens with two attached hydrogens (primary N) is 1. The van der Waals surface area contributed by atoms with E-state index in [9.17, 15) is 4.79 Å². The topological polar surface area (TPSA) is 93.8 Å². The van der Waals surface area contributed by atoms with Gasteiger partial charge in [-0.2, -0.15) is 0 Å². The van der Waals surface area contributed by atoms with Crippen molar-refractivity contribution >= 4 is 44.1 Å². The molecule has 0 fully saturated rings. The van der Waals surface area contributed by atoms with Crippen molar-refractivity contribution in [1.82, 2.24) is 15.2 Å². The molecule has 0 radical (unpaired) electrons. The maximum atomic E-state index is 11.8. The summed E-state index contributed by atoms with van der Waals surface area (Å²) in [5.41, 5.74) is 6.25. The highest BCUT2D eigenvalue weighted by Gasteiger charge is 2.13. The SMILES string of the molecule is Cc1cc(Br)cnc1NC(=O)c1nnc(N)s1. The quantitative estimate of drug-likeness (QED) is 0.882. The third-order valence-electron chi connectivity index (χ3n) is 1.91. The Labute approximate surface area is 109 Å². The number of pyridine rings is 1. The average Bonchev–Trinajstić information content (AvgIpc) is 2.69. The number of aryl methyl sites for hydroxylation is 1. The summed E-state index contributed by atoms with van der Waals surface area (Å²) in [5.74, 6) is 0.129. The molecule has 3 N–H and O–H groups in total. The van der Waals surface area contributed by atoms with Crippen LogP contribution in [0.2, 0.25) is 0 Å². The van der Waals surface area contributed by atoms with E-state index < -0.39 is 0 Å². The maximum Gasteiger partial charge on any atom is 0.287 e. The highest BCUT2D eigenvalue weighted by Crippen LogP contribution is 2.18. The first-order valence-corrected chi connectivity index (χ1v) is 6.19. The van der Waals surface area contributed by atoms with Crippen molar-refractivity contribution in [2.24, 2.45) is 0 Å². The lowest BCUT2D eigenvalue weighted by Crippen LogP contribution is -2.13. The lowest BCUT2D eigenvalue weighted by Gasteiger charge is -2.05. The molecule has 0 bridgehead atoms. The maximum absolute atomic E-state index is 11.8. The van der Waals surface area contributed by atoms with Gasteiger partial charge in [-0.25, -0.2) is 4.98 Å². The number of amides is 1. The normalized spacial score (nSPS) is 10.2. The second-order valence-electron chi connectivity index (χ2n) is 3.22. The zero-order valence-electron chi connectivity index (χ0n) is 8.77. The van der Waals surface area contributed by atoms with E-state index in [-0.39, 0.29) is 16.0 Å². The van der Waals surface area contributed by atoms with Gasteiger partial charge in [-0.1, -0.05) is 11.3 Å². The number of hydrogen-bond donors (Lipinski definition) is 2. The summed E-state index contributed by atoms with van der Waals surface area (Å²) in [6.45, 7) is 1.85. The Morgan fingerprint density at radius 1 is 1.53 bits per heavy atom. The van der Waals surface area contributed by atoms with Gasteiger partial charge in [0.05, 0.1) is 0 Å². The van der Waals surface area contributed by atoms with Gasteiger partial charge in [0.1, 0.15) is 5.82 Å². The van der Waals surface area contributed by atoms with Gasteiger partial charge < -0.3 is 11.1 Å². The fourth-order valence-corrected chi connectivity index (χ4v) is 2.11. The van der Waals surface area contributed by atoms with Crippen molar-refractivity contribution in [1.29, 1.82) is 0 Å². The molecule has 2 aromatic rings. The van der Waals surface area contributed by atoms with Crippen molar-refractivity contribution in [2.45, 2.75) is 6.92 Å². The molecule has 0 aliphatic carbocycles. The molecular weight excluding hydrogens is 306 g/mol. The Morgan fingerprint density at radius 3 is 2.88 bits per heavy atom. The van der Waals surface area contributed by atoms with Crippen LogP contribution in [0.15, 0.2) is 16.7 Å².